The molecule has 0 spiro atoms. The molecule has 1 aromatic carbocycles. The lowest BCUT2D eigenvalue weighted by Gasteiger charge is -2.26. The first-order chi connectivity index (χ1) is 8.60. The molecule has 1 aromatic rings. The summed E-state index contributed by atoms with van der Waals surface area (Å²) < 4.78 is 22.2. The van der Waals surface area contributed by atoms with Crippen LogP contribution in [0, 0.1) is 5.92 Å². The summed E-state index contributed by atoms with van der Waals surface area (Å²) in [6.07, 6.45) is 0.690. The van der Waals surface area contributed by atoms with Crippen molar-refractivity contribution in [2.45, 2.75) is 37.7 Å². The van der Waals surface area contributed by atoms with E-state index in [0.29, 0.717) is 18.9 Å². The van der Waals surface area contributed by atoms with Crippen molar-refractivity contribution in [3.8, 4) is 0 Å². The summed E-state index contributed by atoms with van der Waals surface area (Å²) in [6.45, 7) is 6.28. The Morgan fingerprint density at radius 3 is 2.26 bits per heavy atom. The third-order valence-electron chi connectivity index (χ3n) is 2.70. The fraction of sp³-hybridized carbons (Fsp3) is 0.538. The molecule has 0 heterocycles. The Kier molecular flexibility index (Phi) is 4.95. The molecule has 0 aliphatic carbocycles. The maximum absolute atomic E-state index is 11.1. The number of hydrogen-bond donors (Lipinski definition) is 3. The van der Waals surface area contributed by atoms with E-state index in [1.54, 1.807) is 19.1 Å². The van der Waals surface area contributed by atoms with Crippen molar-refractivity contribution in [2.24, 2.45) is 11.1 Å². The highest BCUT2D eigenvalue weighted by molar-refractivity contribution is 7.89. The van der Waals surface area contributed by atoms with Gasteiger partial charge in [0.1, 0.15) is 0 Å². The molecule has 4 N–H and O–H groups in total. The lowest BCUT2D eigenvalue weighted by atomic mass is 9.94. The average molecular weight is 286 g/mol. The van der Waals surface area contributed by atoms with Crippen molar-refractivity contribution in [3.05, 3.63) is 24.3 Å². The Morgan fingerprint density at radius 2 is 1.84 bits per heavy atom. The molecule has 0 bridgehead atoms. The van der Waals surface area contributed by atoms with E-state index < -0.39 is 15.6 Å². The number of aliphatic hydroxyl groups is 1. The van der Waals surface area contributed by atoms with Crippen molar-refractivity contribution in [1.29, 1.82) is 0 Å². The number of primary sulfonamides is 1. The number of rotatable bonds is 6. The van der Waals surface area contributed by atoms with Crippen LogP contribution in [0.25, 0.3) is 0 Å². The van der Waals surface area contributed by atoms with Crippen molar-refractivity contribution in [3.63, 3.8) is 0 Å². The first-order valence-electron chi connectivity index (χ1n) is 6.19. The zero-order valence-electron chi connectivity index (χ0n) is 11.6. The van der Waals surface area contributed by atoms with Crippen molar-refractivity contribution < 1.29 is 13.5 Å². The van der Waals surface area contributed by atoms with Gasteiger partial charge in [-0.15, -0.1) is 0 Å². The maximum atomic E-state index is 11.1. The molecule has 0 saturated heterocycles. The molecule has 6 heteroatoms. The predicted molar refractivity (Wildman–Crippen MR) is 76.4 cm³/mol. The highest BCUT2D eigenvalue weighted by atomic mass is 32.2. The van der Waals surface area contributed by atoms with Crippen molar-refractivity contribution in [1.82, 2.24) is 0 Å². The van der Waals surface area contributed by atoms with Crippen LogP contribution in [0.15, 0.2) is 29.2 Å². The van der Waals surface area contributed by atoms with E-state index >= 15 is 0 Å². The normalized spacial score (nSPS) is 15.3. The van der Waals surface area contributed by atoms with Crippen LogP contribution < -0.4 is 10.5 Å². The van der Waals surface area contributed by atoms with Crippen LogP contribution in [0.5, 0.6) is 0 Å². The van der Waals surface area contributed by atoms with Crippen LogP contribution in [0.4, 0.5) is 5.69 Å². The molecule has 0 amide bonds. The first-order valence-corrected chi connectivity index (χ1v) is 7.74. The Balaban J connectivity index is 2.64. The summed E-state index contributed by atoms with van der Waals surface area (Å²) in [5.74, 6) is 0.404. The molecule has 108 valence electrons. The van der Waals surface area contributed by atoms with E-state index in [4.69, 9.17) is 5.14 Å². The Labute approximate surface area is 114 Å². The fourth-order valence-electron chi connectivity index (χ4n) is 2.01. The number of anilines is 1. The molecule has 1 unspecified atom stereocenters. The van der Waals surface area contributed by atoms with Gasteiger partial charge in [0.15, 0.2) is 0 Å². The molecule has 1 atom stereocenters. The second kappa shape index (κ2) is 5.90. The summed E-state index contributed by atoms with van der Waals surface area (Å²) in [4.78, 5) is 0.0759. The average Bonchev–Trinajstić information content (AvgIpc) is 2.24. The summed E-state index contributed by atoms with van der Waals surface area (Å²) in [5.41, 5.74) is -0.0521. The van der Waals surface area contributed by atoms with Crippen molar-refractivity contribution in [2.75, 3.05) is 11.9 Å². The van der Waals surface area contributed by atoms with Crippen LogP contribution in [-0.4, -0.2) is 25.7 Å². The van der Waals surface area contributed by atoms with Gasteiger partial charge in [0.05, 0.1) is 10.5 Å². The van der Waals surface area contributed by atoms with E-state index in [9.17, 15) is 13.5 Å². The lowest BCUT2D eigenvalue weighted by Crippen LogP contribution is -2.34. The molecule has 0 radical (unpaired) electrons. The van der Waals surface area contributed by atoms with Gasteiger partial charge in [-0.25, -0.2) is 13.6 Å². The molecule has 0 aliphatic heterocycles. The molecule has 0 aromatic heterocycles. The van der Waals surface area contributed by atoms with E-state index in [1.807, 2.05) is 0 Å². The topological polar surface area (TPSA) is 92.4 Å². The van der Waals surface area contributed by atoms with Gasteiger partial charge in [-0.3, -0.25) is 0 Å². The standard InChI is InChI=1S/C13H22N2O3S/c1-10(2)8-13(3,16)9-15-11-4-6-12(7-5-11)19(14,17)18/h4-7,10,15-16H,8-9H2,1-3H3,(H2,14,17,18). The van der Waals surface area contributed by atoms with Crippen LogP contribution in [-0.2, 0) is 10.0 Å². The number of benzene rings is 1. The molecule has 0 fully saturated rings. The summed E-state index contributed by atoms with van der Waals surface area (Å²) in [5, 5.41) is 18.3. The molecular formula is C13H22N2O3S. The zero-order valence-corrected chi connectivity index (χ0v) is 12.4. The SMILES string of the molecule is CC(C)CC(C)(O)CNc1ccc(S(N)(=O)=O)cc1. The minimum atomic E-state index is -3.66. The fourth-order valence-corrected chi connectivity index (χ4v) is 2.52. The smallest absolute Gasteiger partial charge is 0.238 e. The summed E-state index contributed by atoms with van der Waals surface area (Å²) >= 11 is 0. The molecular weight excluding hydrogens is 264 g/mol. The van der Waals surface area contributed by atoms with E-state index in [0.717, 1.165) is 5.69 Å². The van der Waals surface area contributed by atoms with Gasteiger partial charge in [0.2, 0.25) is 10.0 Å². The Hall–Kier alpha value is -1.11. The first kappa shape index (κ1) is 15.9. The van der Waals surface area contributed by atoms with Crippen LogP contribution >= 0.6 is 0 Å². The molecule has 5 nitrogen and oxygen atoms in total. The van der Waals surface area contributed by atoms with E-state index in [2.05, 4.69) is 19.2 Å². The highest BCUT2D eigenvalue weighted by Gasteiger charge is 2.21. The van der Waals surface area contributed by atoms with Gasteiger partial charge >= 0.3 is 0 Å². The number of nitrogens with two attached hydrogens (primary N) is 1. The molecule has 1 rings (SSSR count). The lowest BCUT2D eigenvalue weighted by molar-refractivity contribution is 0.0515. The second-order valence-electron chi connectivity index (χ2n) is 5.52. The number of hydrogen-bond acceptors (Lipinski definition) is 4. The number of nitrogens with one attached hydrogen (secondary N) is 1. The minimum absolute atomic E-state index is 0.0759. The minimum Gasteiger partial charge on any atom is -0.388 e. The Morgan fingerprint density at radius 1 is 1.32 bits per heavy atom. The predicted octanol–water partition coefficient (Wildman–Crippen LogP) is 1.54. The third-order valence-corrected chi connectivity index (χ3v) is 3.63. The van der Waals surface area contributed by atoms with E-state index in [1.165, 1.54) is 12.1 Å². The number of sulfonamides is 1. The highest BCUT2D eigenvalue weighted by Crippen LogP contribution is 2.18. The van der Waals surface area contributed by atoms with Gasteiger partial charge in [-0.05, 0) is 43.5 Å². The zero-order chi connectivity index (χ0) is 14.7. The summed E-state index contributed by atoms with van der Waals surface area (Å²) in [7, 11) is -3.66. The monoisotopic (exact) mass is 286 g/mol. The molecule has 19 heavy (non-hydrogen) atoms. The van der Waals surface area contributed by atoms with Crippen LogP contribution in [0.1, 0.15) is 27.2 Å². The second-order valence-corrected chi connectivity index (χ2v) is 7.08. The Bertz CT molecular complexity index is 507. The van der Waals surface area contributed by atoms with E-state index in [-0.39, 0.29) is 4.90 Å². The maximum Gasteiger partial charge on any atom is 0.238 e. The van der Waals surface area contributed by atoms with Gasteiger partial charge in [0.25, 0.3) is 0 Å². The van der Waals surface area contributed by atoms with Gasteiger partial charge < -0.3 is 10.4 Å². The largest absolute Gasteiger partial charge is 0.388 e. The molecule has 0 aliphatic rings. The van der Waals surface area contributed by atoms with Gasteiger partial charge in [-0.1, -0.05) is 13.8 Å². The molecule has 0 saturated carbocycles. The summed E-state index contributed by atoms with van der Waals surface area (Å²) in [6, 6.07) is 6.14. The van der Waals surface area contributed by atoms with Crippen molar-refractivity contribution >= 4 is 15.7 Å². The van der Waals surface area contributed by atoms with Crippen LogP contribution in [0.2, 0.25) is 0 Å². The van der Waals surface area contributed by atoms with Gasteiger partial charge in [0, 0.05) is 12.2 Å². The van der Waals surface area contributed by atoms with Crippen LogP contribution in [0.3, 0.4) is 0 Å². The van der Waals surface area contributed by atoms with Gasteiger partial charge in [-0.2, -0.15) is 0 Å². The third kappa shape index (κ3) is 5.59. The quantitative estimate of drug-likeness (QED) is 0.739.